The number of aromatic hydroxyl groups is 1. The summed E-state index contributed by atoms with van der Waals surface area (Å²) in [4.78, 5) is 2.45. The molecule has 3 rings (SSSR count). The molecule has 3 atom stereocenters. The van der Waals surface area contributed by atoms with Crippen LogP contribution in [0.5, 0.6) is 5.75 Å². The zero-order valence-corrected chi connectivity index (χ0v) is 11.7. The zero-order valence-electron chi connectivity index (χ0n) is 11.7. The maximum atomic E-state index is 9.79. The van der Waals surface area contributed by atoms with Gasteiger partial charge in [-0.3, -0.25) is 4.90 Å². The van der Waals surface area contributed by atoms with Gasteiger partial charge in [-0.1, -0.05) is 25.8 Å². The standard InChI is InChI=1S/C17H21NO/c1-4-8-18-9-7-17(3)12(2)16(18)10-13-5-6-14(19)11-15(13)17/h1,5-6,11-12,16,19H,7-10H2,2-3H3. The van der Waals surface area contributed by atoms with Crippen LogP contribution in [0.3, 0.4) is 0 Å². The van der Waals surface area contributed by atoms with Crippen LogP contribution in [-0.4, -0.2) is 29.1 Å². The Morgan fingerprint density at radius 2 is 2.32 bits per heavy atom. The van der Waals surface area contributed by atoms with Crippen LogP contribution in [0.4, 0.5) is 0 Å². The Kier molecular flexibility index (Phi) is 2.83. The van der Waals surface area contributed by atoms with Gasteiger partial charge < -0.3 is 5.11 Å². The van der Waals surface area contributed by atoms with Gasteiger partial charge in [0.1, 0.15) is 5.75 Å². The number of rotatable bonds is 1. The number of likely N-dealkylation sites (tertiary alicyclic amines) is 1. The molecule has 1 aromatic rings. The van der Waals surface area contributed by atoms with Crippen molar-refractivity contribution in [3.63, 3.8) is 0 Å². The average Bonchev–Trinajstić information content (AvgIpc) is 2.38. The molecule has 1 N–H and O–H groups in total. The highest BCUT2D eigenvalue weighted by Crippen LogP contribution is 2.49. The summed E-state index contributed by atoms with van der Waals surface area (Å²) in [7, 11) is 0. The first kappa shape index (κ1) is 12.6. The highest BCUT2D eigenvalue weighted by atomic mass is 16.3. The maximum absolute atomic E-state index is 9.79. The van der Waals surface area contributed by atoms with E-state index in [-0.39, 0.29) is 5.41 Å². The highest BCUT2D eigenvalue weighted by molar-refractivity contribution is 5.44. The van der Waals surface area contributed by atoms with Crippen molar-refractivity contribution in [2.45, 2.75) is 38.1 Å². The first-order valence-corrected chi connectivity index (χ1v) is 7.06. The molecule has 1 saturated heterocycles. The van der Waals surface area contributed by atoms with Crippen LogP contribution in [0.25, 0.3) is 0 Å². The average molecular weight is 255 g/mol. The van der Waals surface area contributed by atoms with E-state index in [2.05, 4.69) is 30.7 Å². The third-order valence-corrected chi connectivity index (χ3v) is 5.40. The minimum absolute atomic E-state index is 0.169. The fraction of sp³-hybridized carbons (Fsp3) is 0.529. The second kappa shape index (κ2) is 4.28. The second-order valence-corrected chi connectivity index (χ2v) is 6.24. The molecule has 0 spiro atoms. The number of benzene rings is 1. The predicted molar refractivity (Wildman–Crippen MR) is 77.1 cm³/mol. The Morgan fingerprint density at radius 3 is 3.05 bits per heavy atom. The molecule has 1 heterocycles. The molecule has 0 amide bonds. The largest absolute Gasteiger partial charge is 0.508 e. The lowest BCUT2D eigenvalue weighted by atomic mass is 9.59. The third-order valence-electron chi connectivity index (χ3n) is 5.40. The van der Waals surface area contributed by atoms with Gasteiger partial charge in [0.05, 0.1) is 6.54 Å². The van der Waals surface area contributed by atoms with Crippen molar-refractivity contribution < 1.29 is 5.11 Å². The molecule has 0 radical (unpaired) electrons. The number of nitrogens with zero attached hydrogens (tertiary/aromatic N) is 1. The maximum Gasteiger partial charge on any atom is 0.115 e. The minimum Gasteiger partial charge on any atom is -0.508 e. The van der Waals surface area contributed by atoms with Gasteiger partial charge in [-0.05, 0) is 47.4 Å². The molecule has 19 heavy (non-hydrogen) atoms. The lowest BCUT2D eigenvalue weighted by Gasteiger charge is -2.54. The van der Waals surface area contributed by atoms with Crippen molar-refractivity contribution in [2.24, 2.45) is 5.92 Å². The first-order chi connectivity index (χ1) is 9.06. The number of fused-ring (bicyclic) bond motifs is 4. The van der Waals surface area contributed by atoms with Crippen molar-refractivity contribution in [2.75, 3.05) is 13.1 Å². The van der Waals surface area contributed by atoms with E-state index < -0.39 is 0 Å². The molecule has 1 aromatic carbocycles. The molecule has 1 aliphatic heterocycles. The fourth-order valence-corrected chi connectivity index (χ4v) is 4.01. The molecule has 100 valence electrons. The Labute approximate surface area is 115 Å². The molecule has 2 heteroatoms. The summed E-state index contributed by atoms with van der Waals surface area (Å²) in [6, 6.07) is 6.39. The third kappa shape index (κ3) is 1.76. The Hall–Kier alpha value is -1.46. The van der Waals surface area contributed by atoms with E-state index in [9.17, 15) is 5.11 Å². The number of phenols is 1. The molecule has 0 aromatic heterocycles. The molecule has 2 nitrogen and oxygen atoms in total. The van der Waals surface area contributed by atoms with Crippen molar-refractivity contribution in [1.29, 1.82) is 0 Å². The fourth-order valence-electron chi connectivity index (χ4n) is 4.01. The lowest BCUT2D eigenvalue weighted by molar-refractivity contribution is 0.0412. The number of hydrogen-bond acceptors (Lipinski definition) is 2. The topological polar surface area (TPSA) is 23.5 Å². The number of phenolic OH excluding ortho intramolecular Hbond substituents is 1. The van der Waals surface area contributed by atoms with Crippen molar-refractivity contribution in [3.05, 3.63) is 29.3 Å². The van der Waals surface area contributed by atoms with Crippen molar-refractivity contribution in [3.8, 4) is 18.1 Å². The summed E-state index contributed by atoms with van der Waals surface area (Å²) in [5, 5.41) is 9.79. The summed E-state index contributed by atoms with van der Waals surface area (Å²) >= 11 is 0. The molecular weight excluding hydrogens is 234 g/mol. The Bertz CT molecular complexity index is 545. The highest BCUT2D eigenvalue weighted by Gasteiger charge is 2.48. The summed E-state index contributed by atoms with van der Waals surface area (Å²) in [6.07, 6.45) is 7.66. The number of hydrogen-bond donors (Lipinski definition) is 1. The van der Waals surface area contributed by atoms with E-state index in [4.69, 9.17) is 6.42 Å². The number of piperidine rings is 1. The van der Waals surface area contributed by atoms with E-state index >= 15 is 0 Å². The first-order valence-electron chi connectivity index (χ1n) is 7.06. The smallest absolute Gasteiger partial charge is 0.115 e. The van der Waals surface area contributed by atoms with E-state index in [0.717, 1.165) is 25.9 Å². The minimum atomic E-state index is 0.169. The summed E-state index contributed by atoms with van der Waals surface area (Å²) in [5.41, 5.74) is 2.89. The molecule has 2 bridgehead atoms. The molecular formula is C17H21NO. The monoisotopic (exact) mass is 255 g/mol. The SMILES string of the molecule is C#CCN1CCC2(C)c3cc(O)ccc3CC1C2C. The number of terminal acetylenes is 1. The van der Waals surface area contributed by atoms with Gasteiger partial charge in [0.2, 0.25) is 0 Å². The van der Waals surface area contributed by atoms with Gasteiger partial charge in [0, 0.05) is 12.6 Å². The van der Waals surface area contributed by atoms with Gasteiger partial charge in [-0.15, -0.1) is 6.42 Å². The molecule has 3 unspecified atom stereocenters. The van der Waals surface area contributed by atoms with Crippen LogP contribution in [0.1, 0.15) is 31.4 Å². The summed E-state index contributed by atoms with van der Waals surface area (Å²) < 4.78 is 0. The Balaban J connectivity index is 2.06. The summed E-state index contributed by atoms with van der Waals surface area (Å²) in [5.74, 6) is 3.75. The van der Waals surface area contributed by atoms with Gasteiger partial charge >= 0.3 is 0 Å². The van der Waals surface area contributed by atoms with E-state index in [0.29, 0.717) is 17.7 Å². The van der Waals surface area contributed by atoms with Gasteiger partial charge in [0.25, 0.3) is 0 Å². The van der Waals surface area contributed by atoms with E-state index in [1.807, 2.05) is 6.07 Å². The quantitative estimate of drug-likeness (QED) is 0.780. The molecule has 0 saturated carbocycles. The van der Waals surface area contributed by atoms with Gasteiger partial charge in [-0.2, -0.15) is 0 Å². The van der Waals surface area contributed by atoms with Crippen LogP contribution in [0, 0.1) is 18.3 Å². The lowest BCUT2D eigenvalue weighted by Crippen LogP contribution is -2.57. The molecule has 1 aliphatic carbocycles. The van der Waals surface area contributed by atoms with Crippen LogP contribution < -0.4 is 0 Å². The zero-order chi connectivity index (χ0) is 13.6. The van der Waals surface area contributed by atoms with Crippen LogP contribution >= 0.6 is 0 Å². The molecule has 2 aliphatic rings. The van der Waals surface area contributed by atoms with E-state index in [1.54, 1.807) is 6.07 Å². The van der Waals surface area contributed by atoms with E-state index in [1.165, 1.54) is 11.1 Å². The molecule has 1 fully saturated rings. The van der Waals surface area contributed by atoms with Crippen molar-refractivity contribution >= 4 is 0 Å². The van der Waals surface area contributed by atoms with Gasteiger partial charge in [-0.25, -0.2) is 0 Å². The second-order valence-electron chi connectivity index (χ2n) is 6.24. The van der Waals surface area contributed by atoms with Crippen LogP contribution in [0.15, 0.2) is 18.2 Å². The normalized spacial score (nSPS) is 33.5. The Morgan fingerprint density at radius 1 is 1.53 bits per heavy atom. The summed E-state index contributed by atoms with van der Waals surface area (Å²) in [6.45, 7) is 6.49. The van der Waals surface area contributed by atoms with Crippen LogP contribution in [-0.2, 0) is 11.8 Å². The van der Waals surface area contributed by atoms with Crippen LogP contribution in [0.2, 0.25) is 0 Å². The van der Waals surface area contributed by atoms with Gasteiger partial charge in [0.15, 0.2) is 0 Å². The van der Waals surface area contributed by atoms with Crippen molar-refractivity contribution in [1.82, 2.24) is 4.90 Å². The predicted octanol–water partition coefficient (Wildman–Crippen LogP) is 2.55.